The fraction of sp³-hybridized carbons (Fsp3) is 0.471. The van der Waals surface area contributed by atoms with E-state index in [-0.39, 0.29) is 17.2 Å². The molecule has 0 saturated heterocycles. The van der Waals surface area contributed by atoms with Gasteiger partial charge >= 0.3 is 5.69 Å². The monoisotopic (exact) mass is 343 g/mol. The van der Waals surface area contributed by atoms with E-state index in [0.717, 1.165) is 12.3 Å². The summed E-state index contributed by atoms with van der Waals surface area (Å²) in [7, 11) is 1.67. The van der Waals surface area contributed by atoms with Gasteiger partial charge in [0.05, 0.1) is 12.8 Å². The maximum atomic E-state index is 12.9. The first kappa shape index (κ1) is 15.7. The summed E-state index contributed by atoms with van der Waals surface area (Å²) in [6.45, 7) is 6.39. The van der Waals surface area contributed by atoms with Crippen molar-refractivity contribution in [2.45, 2.75) is 33.5 Å². The molecule has 0 atom stereocenters. The molecular formula is C17H21N5O3. The summed E-state index contributed by atoms with van der Waals surface area (Å²) in [5.41, 5.74) is 0.361. The van der Waals surface area contributed by atoms with Gasteiger partial charge in [0, 0.05) is 26.7 Å². The van der Waals surface area contributed by atoms with Crippen LogP contribution in [0.15, 0.2) is 32.4 Å². The van der Waals surface area contributed by atoms with Crippen LogP contribution in [0.1, 0.15) is 19.6 Å². The first-order chi connectivity index (χ1) is 12.0. The molecule has 4 rings (SSSR count). The van der Waals surface area contributed by atoms with E-state index in [1.165, 1.54) is 9.13 Å². The van der Waals surface area contributed by atoms with Crippen LogP contribution < -0.4 is 16.1 Å². The number of rotatable bonds is 4. The molecular weight excluding hydrogens is 322 g/mol. The van der Waals surface area contributed by atoms with Gasteiger partial charge in [0.2, 0.25) is 5.95 Å². The number of hydrogen-bond acceptors (Lipinski definition) is 5. The Morgan fingerprint density at radius 2 is 2.08 bits per heavy atom. The van der Waals surface area contributed by atoms with Gasteiger partial charge in [0.25, 0.3) is 5.56 Å². The minimum absolute atomic E-state index is 0.208. The minimum atomic E-state index is -0.319. The normalized spacial score (nSPS) is 14.0. The van der Waals surface area contributed by atoms with Crippen molar-refractivity contribution in [2.75, 3.05) is 11.4 Å². The maximum absolute atomic E-state index is 12.9. The lowest BCUT2D eigenvalue weighted by molar-refractivity contribution is 0.483. The van der Waals surface area contributed by atoms with E-state index in [9.17, 15) is 9.59 Å². The lowest BCUT2D eigenvalue weighted by Crippen LogP contribution is -2.40. The zero-order valence-corrected chi connectivity index (χ0v) is 14.6. The molecule has 0 amide bonds. The zero-order chi connectivity index (χ0) is 17.7. The molecule has 8 nitrogen and oxygen atoms in total. The molecule has 3 aromatic rings. The molecule has 1 aliphatic rings. The molecule has 3 aromatic heterocycles. The summed E-state index contributed by atoms with van der Waals surface area (Å²) < 4.78 is 10.1. The Kier molecular flexibility index (Phi) is 3.55. The predicted molar refractivity (Wildman–Crippen MR) is 93.8 cm³/mol. The molecule has 0 N–H and O–H groups in total. The van der Waals surface area contributed by atoms with Crippen LogP contribution in [-0.4, -0.2) is 25.2 Å². The van der Waals surface area contributed by atoms with E-state index < -0.39 is 0 Å². The van der Waals surface area contributed by atoms with Crippen LogP contribution in [0.5, 0.6) is 0 Å². The van der Waals surface area contributed by atoms with Crippen molar-refractivity contribution >= 4 is 17.1 Å². The van der Waals surface area contributed by atoms with Crippen LogP contribution in [0.4, 0.5) is 5.95 Å². The lowest BCUT2D eigenvalue weighted by atomic mass is 10.2. The average Bonchev–Trinajstić information content (AvgIpc) is 3.27. The van der Waals surface area contributed by atoms with Gasteiger partial charge in [-0.3, -0.25) is 13.9 Å². The molecule has 8 heteroatoms. The molecule has 0 bridgehead atoms. The van der Waals surface area contributed by atoms with Gasteiger partial charge in [0.1, 0.15) is 5.76 Å². The van der Waals surface area contributed by atoms with Crippen molar-refractivity contribution in [3.05, 3.63) is 45.0 Å². The Balaban J connectivity index is 1.87. The molecule has 0 saturated carbocycles. The summed E-state index contributed by atoms with van der Waals surface area (Å²) >= 11 is 0. The molecule has 0 aromatic carbocycles. The van der Waals surface area contributed by atoms with Crippen molar-refractivity contribution in [1.82, 2.24) is 18.7 Å². The number of nitrogens with zero attached hydrogens (tertiary/aromatic N) is 5. The van der Waals surface area contributed by atoms with Crippen LogP contribution in [0, 0.1) is 5.92 Å². The number of furan rings is 1. The van der Waals surface area contributed by atoms with E-state index in [2.05, 4.69) is 9.88 Å². The summed E-state index contributed by atoms with van der Waals surface area (Å²) in [5, 5.41) is 0. The third kappa shape index (κ3) is 2.40. The van der Waals surface area contributed by atoms with Gasteiger partial charge in [-0.1, -0.05) is 13.8 Å². The van der Waals surface area contributed by atoms with Gasteiger partial charge in [-0.25, -0.2) is 4.79 Å². The summed E-state index contributed by atoms with van der Waals surface area (Å²) in [4.78, 5) is 32.1. The highest BCUT2D eigenvalue weighted by molar-refractivity contribution is 5.75. The molecule has 0 spiro atoms. The third-order valence-corrected chi connectivity index (χ3v) is 4.56. The van der Waals surface area contributed by atoms with Crippen molar-refractivity contribution in [1.29, 1.82) is 0 Å². The lowest BCUT2D eigenvalue weighted by Gasteiger charge is -2.13. The molecule has 4 heterocycles. The van der Waals surface area contributed by atoms with Crippen LogP contribution >= 0.6 is 0 Å². The SMILES string of the molecule is CC(C)Cn1c(=O)c2c(nc3n2CCN3Cc2ccco2)n(C)c1=O. The van der Waals surface area contributed by atoms with E-state index in [0.29, 0.717) is 36.7 Å². The van der Waals surface area contributed by atoms with E-state index >= 15 is 0 Å². The number of hydrogen-bond donors (Lipinski definition) is 0. The zero-order valence-electron chi connectivity index (χ0n) is 14.6. The number of imidazole rings is 1. The van der Waals surface area contributed by atoms with Gasteiger partial charge in [-0.15, -0.1) is 0 Å². The minimum Gasteiger partial charge on any atom is -0.467 e. The topological polar surface area (TPSA) is 78.2 Å². The number of anilines is 1. The molecule has 132 valence electrons. The van der Waals surface area contributed by atoms with Crippen molar-refractivity contribution in [3.63, 3.8) is 0 Å². The fourth-order valence-electron chi connectivity index (χ4n) is 3.40. The van der Waals surface area contributed by atoms with Gasteiger partial charge in [-0.05, 0) is 18.1 Å². The number of aromatic nitrogens is 4. The Hall–Kier alpha value is -2.77. The smallest absolute Gasteiger partial charge is 0.332 e. The fourth-order valence-corrected chi connectivity index (χ4v) is 3.40. The Labute approximate surface area is 143 Å². The van der Waals surface area contributed by atoms with Crippen LogP contribution in [0.3, 0.4) is 0 Å². The second-order valence-corrected chi connectivity index (χ2v) is 6.89. The summed E-state index contributed by atoms with van der Waals surface area (Å²) in [6.07, 6.45) is 1.64. The van der Waals surface area contributed by atoms with E-state index in [4.69, 9.17) is 4.42 Å². The Morgan fingerprint density at radius 3 is 2.76 bits per heavy atom. The number of fused-ring (bicyclic) bond motifs is 3. The van der Waals surface area contributed by atoms with Gasteiger partial charge in [0.15, 0.2) is 11.2 Å². The highest BCUT2D eigenvalue weighted by Crippen LogP contribution is 2.26. The Morgan fingerprint density at radius 1 is 1.28 bits per heavy atom. The Bertz CT molecular complexity index is 1040. The second-order valence-electron chi connectivity index (χ2n) is 6.89. The highest BCUT2D eigenvalue weighted by atomic mass is 16.3. The predicted octanol–water partition coefficient (Wildman–Crippen LogP) is 1.17. The first-order valence-corrected chi connectivity index (χ1v) is 8.44. The summed E-state index contributed by atoms with van der Waals surface area (Å²) in [5.74, 6) is 1.76. The van der Waals surface area contributed by atoms with Crippen LogP contribution in [0.25, 0.3) is 11.2 Å². The maximum Gasteiger partial charge on any atom is 0.332 e. The molecule has 1 aliphatic heterocycles. The molecule has 0 unspecified atom stereocenters. The molecule has 0 aliphatic carbocycles. The highest BCUT2D eigenvalue weighted by Gasteiger charge is 2.28. The molecule has 0 radical (unpaired) electrons. The van der Waals surface area contributed by atoms with Crippen molar-refractivity contribution in [3.8, 4) is 0 Å². The largest absolute Gasteiger partial charge is 0.467 e. The van der Waals surface area contributed by atoms with Crippen LogP contribution in [0.2, 0.25) is 0 Å². The summed E-state index contributed by atoms with van der Waals surface area (Å²) in [6, 6.07) is 3.76. The average molecular weight is 343 g/mol. The van der Waals surface area contributed by atoms with Gasteiger partial charge in [-0.2, -0.15) is 4.98 Å². The van der Waals surface area contributed by atoms with E-state index in [1.54, 1.807) is 13.3 Å². The van der Waals surface area contributed by atoms with Gasteiger partial charge < -0.3 is 13.9 Å². The van der Waals surface area contributed by atoms with E-state index in [1.807, 2.05) is 30.5 Å². The van der Waals surface area contributed by atoms with Crippen molar-refractivity contribution in [2.24, 2.45) is 13.0 Å². The third-order valence-electron chi connectivity index (χ3n) is 4.56. The van der Waals surface area contributed by atoms with Crippen molar-refractivity contribution < 1.29 is 4.42 Å². The quantitative estimate of drug-likeness (QED) is 0.710. The molecule has 0 fully saturated rings. The van der Waals surface area contributed by atoms with Crippen LogP contribution in [-0.2, 0) is 26.7 Å². The first-order valence-electron chi connectivity index (χ1n) is 8.44. The molecule has 25 heavy (non-hydrogen) atoms. The second kappa shape index (κ2) is 5.65. The number of aryl methyl sites for hydroxylation is 1. The standard InChI is InChI=1S/C17H21N5O3/c1-11(2)9-22-15(23)13-14(19(3)17(22)24)18-16-20(6-7-21(13)16)10-12-5-4-8-25-12/h4-5,8,11H,6-7,9-10H2,1-3H3.